The molecule has 4 heteroatoms. The number of hydrogen-bond donors (Lipinski definition) is 2. The third kappa shape index (κ3) is 3.59. The SMILES string of the molecule is CC(C)(C)[Si](C)(C)Oc1ccc(Nc2ccc3c(c2)CCN3)cc1. The summed E-state index contributed by atoms with van der Waals surface area (Å²) in [5, 5.41) is 7.08. The predicted octanol–water partition coefficient (Wildman–Crippen LogP) is 5.78. The van der Waals surface area contributed by atoms with Gasteiger partial charge >= 0.3 is 0 Å². The number of fused-ring (bicyclic) bond motifs is 1. The van der Waals surface area contributed by atoms with Gasteiger partial charge in [0.2, 0.25) is 8.32 Å². The van der Waals surface area contributed by atoms with Crippen molar-refractivity contribution >= 4 is 25.4 Å². The van der Waals surface area contributed by atoms with Crippen LogP contribution in [0.15, 0.2) is 42.5 Å². The summed E-state index contributed by atoms with van der Waals surface area (Å²) >= 11 is 0. The lowest BCUT2D eigenvalue weighted by Crippen LogP contribution is -2.43. The molecule has 24 heavy (non-hydrogen) atoms. The smallest absolute Gasteiger partial charge is 0.250 e. The van der Waals surface area contributed by atoms with Gasteiger partial charge in [-0.05, 0) is 72.6 Å². The molecule has 0 bridgehead atoms. The first-order chi connectivity index (χ1) is 11.2. The van der Waals surface area contributed by atoms with E-state index in [4.69, 9.17) is 4.43 Å². The molecule has 0 atom stereocenters. The Balaban J connectivity index is 1.69. The quantitative estimate of drug-likeness (QED) is 0.692. The molecule has 0 aliphatic carbocycles. The zero-order chi connectivity index (χ0) is 17.4. The van der Waals surface area contributed by atoms with E-state index in [1.165, 1.54) is 11.3 Å². The third-order valence-electron chi connectivity index (χ3n) is 5.14. The van der Waals surface area contributed by atoms with Crippen LogP contribution < -0.4 is 15.1 Å². The minimum atomic E-state index is -1.78. The van der Waals surface area contributed by atoms with Crippen molar-refractivity contribution < 1.29 is 4.43 Å². The Bertz CT molecular complexity index is 717. The first-order valence-corrected chi connectivity index (χ1v) is 11.6. The van der Waals surface area contributed by atoms with Crippen LogP contribution in [0.25, 0.3) is 0 Å². The molecule has 0 radical (unpaired) electrons. The Morgan fingerprint density at radius 2 is 1.67 bits per heavy atom. The minimum absolute atomic E-state index is 0.211. The van der Waals surface area contributed by atoms with Crippen LogP contribution in [0, 0.1) is 0 Å². The van der Waals surface area contributed by atoms with Crippen LogP contribution in [0.2, 0.25) is 18.1 Å². The van der Waals surface area contributed by atoms with Crippen LogP contribution in [-0.4, -0.2) is 14.9 Å². The molecule has 0 spiro atoms. The van der Waals surface area contributed by atoms with E-state index in [9.17, 15) is 0 Å². The summed E-state index contributed by atoms with van der Waals surface area (Å²) in [4.78, 5) is 0. The fourth-order valence-electron chi connectivity index (χ4n) is 2.60. The summed E-state index contributed by atoms with van der Waals surface area (Å²) < 4.78 is 6.33. The maximum Gasteiger partial charge on any atom is 0.250 e. The summed E-state index contributed by atoms with van der Waals surface area (Å²) in [6, 6.07) is 14.8. The van der Waals surface area contributed by atoms with Crippen molar-refractivity contribution in [1.82, 2.24) is 0 Å². The van der Waals surface area contributed by atoms with Gasteiger partial charge in [-0.1, -0.05) is 20.8 Å². The van der Waals surface area contributed by atoms with Crippen LogP contribution in [-0.2, 0) is 6.42 Å². The Labute approximate surface area is 146 Å². The van der Waals surface area contributed by atoms with Crippen molar-refractivity contribution in [3.8, 4) is 5.75 Å². The molecule has 0 fully saturated rings. The largest absolute Gasteiger partial charge is 0.544 e. The molecule has 128 valence electrons. The lowest BCUT2D eigenvalue weighted by molar-refractivity contribution is 0.492. The van der Waals surface area contributed by atoms with E-state index in [1.54, 1.807) is 0 Å². The van der Waals surface area contributed by atoms with Crippen molar-refractivity contribution in [2.24, 2.45) is 0 Å². The predicted molar refractivity (Wildman–Crippen MR) is 106 cm³/mol. The summed E-state index contributed by atoms with van der Waals surface area (Å²) in [6.07, 6.45) is 1.10. The van der Waals surface area contributed by atoms with Gasteiger partial charge in [0.25, 0.3) is 0 Å². The number of anilines is 3. The van der Waals surface area contributed by atoms with E-state index in [0.29, 0.717) is 0 Å². The molecule has 0 saturated heterocycles. The fourth-order valence-corrected chi connectivity index (χ4v) is 3.63. The number of nitrogens with one attached hydrogen (secondary N) is 2. The van der Waals surface area contributed by atoms with Crippen molar-refractivity contribution in [3.05, 3.63) is 48.0 Å². The number of hydrogen-bond acceptors (Lipinski definition) is 3. The normalized spacial score (nSPS) is 14.0. The molecule has 1 aliphatic rings. The topological polar surface area (TPSA) is 33.3 Å². The van der Waals surface area contributed by atoms with E-state index in [1.807, 2.05) is 0 Å². The summed E-state index contributed by atoms with van der Waals surface area (Å²) in [5.41, 5.74) is 4.87. The highest BCUT2D eigenvalue weighted by atomic mass is 28.4. The molecule has 1 aliphatic heterocycles. The lowest BCUT2D eigenvalue weighted by Gasteiger charge is -2.36. The van der Waals surface area contributed by atoms with Crippen LogP contribution in [0.5, 0.6) is 5.75 Å². The van der Waals surface area contributed by atoms with Crippen LogP contribution in [0.1, 0.15) is 26.3 Å². The molecule has 1 heterocycles. The second kappa shape index (κ2) is 6.17. The summed E-state index contributed by atoms with van der Waals surface area (Å²) in [6.45, 7) is 12.4. The first-order valence-electron chi connectivity index (χ1n) is 8.67. The molecule has 0 saturated carbocycles. The van der Waals surface area contributed by atoms with E-state index in [0.717, 1.165) is 30.1 Å². The second-order valence-corrected chi connectivity index (χ2v) is 12.8. The monoisotopic (exact) mass is 340 g/mol. The molecule has 0 aromatic heterocycles. The lowest BCUT2D eigenvalue weighted by atomic mass is 10.1. The van der Waals surface area contributed by atoms with Gasteiger partial charge in [-0.3, -0.25) is 0 Å². The van der Waals surface area contributed by atoms with Gasteiger partial charge in [0, 0.05) is 23.6 Å². The third-order valence-corrected chi connectivity index (χ3v) is 9.50. The molecule has 2 aromatic carbocycles. The van der Waals surface area contributed by atoms with E-state index in [2.05, 4.69) is 87.0 Å². The minimum Gasteiger partial charge on any atom is -0.544 e. The molecule has 2 N–H and O–H groups in total. The Hall–Kier alpha value is -1.94. The highest BCUT2D eigenvalue weighted by molar-refractivity contribution is 6.74. The maximum atomic E-state index is 6.33. The summed E-state index contributed by atoms with van der Waals surface area (Å²) in [5.74, 6) is 0.963. The van der Waals surface area contributed by atoms with Crippen molar-refractivity contribution in [2.75, 3.05) is 17.2 Å². The highest BCUT2D eigenvalue weighted by Gasteiger charge is 2.38. The Morgan fingerprint density at radius 1 is 1.00 bits per heavy atom. The average molecular weight is 341 g/mol. The van der Waals surface area contributed by atoms with Gasteiger partial charge in [0.05, 0.1) is 0 Å². The standard InChI is InChI=1S/C20H28N2OSi/c1-20(2,3)24(4,5)23-18-9-6-16(7-10-18)22-17-8-11-19-15(14-17)12-13-21-19/h6-11,14,21-22H,12-13H2,1-5H3. The molecular formula is C20H28N2OSi. The highest BCUT2D eigenvalue weighted by Crippen LogP contribution is 2.37. The second-order valence-electron chi connectivity index (χ2n) is 8.06. The van der Waals surface area contributed by atoms with Crippen LogP contribution in [0.4, 0.5) is 17.1 Å². The van der Waals surface area contributed by atoms with Crippen molar-refractivity contribution in [1.29, 1.82) is 0 Å². The summed E-state index contributed by atoms with van der Waals surface area (Å²) in [7, 11) is -1.78. The van der Waals surface area contributed by atoms with Crippen LogP contribution in [0.3, 0.4) is 0 Å². The van der Waals surface area contributed by atoms with Gasteiger partial charge in [-0.15, -0.1) is 0 Å². The molecule has 3 rings (SSSR count). The van der Waals surface area contributed by atoms with Crippen molar-refractivity contribution in [3.63, 3.8) is 0 Å². The zero-order valence-corrected chi connectivity index (χ0v) is 16.4. The Morgan fingerprint density at radius 3 is 2.33 bits per heavy atom. The molecular weight excluding hydrogens is 312 g/mol. The average Bonchev–Trinajstić information content (AvgIpc) is 2.95. The van der Waals surface area contributed by atoms with Crippen LogP contribution >= 0.6 is 0 Å². The number of benzene rings is 2. The molecule has 2 aromatic rings. The van der Waals surface area contributed by atoms with Gasteiger partial charge in [-0.2, -0.15) is 0 Å². The van der Waals surface area contributed by atoms with Gasteiger partial charge in [0.1, 0.15) is 5.75 Å². The first kappa shape index (κ1) is 16.9. The van der Waals surface area contributed by atoms with Gasteiger partial charge < -0.3 is 15.1 Å². The maximum absolute atomic E-state index is 6.33. The van der Waals surface area contributed by atoms with Gasteiger partial charge in [0.15, 0.2) is 0 Å². The van der Waals surface area contributed by atoms with E-state index < -0.39 is 8.32 Å². The van der Waals surface area contributed by atoms with E-state index >= 15 is 0 Å². The fraction of sp³-hybridized carbons (Fsp3) is 0.400. The van der Waals surface area contributed by atoms with E-state index in [-0.39, 0.29) is 5.04 Å². The van der Waals surface area contributed by atoms with Gasteiger partial charge in [-0.25, -0.2) is 0 Å². The molecule has 0 amide bonds. The number of rotatable bonds is 4. The Kier molecular flexibility index (Phi) is 4.34. The zero-order valence-electron chi connectivity index (χ0n) is 15.4. The molecule has 0 unspecified atom stereocenters. The molecule has 3 nitrogen and oxygen atoms in total. The van der Waals surface area contributed by atoms with Crippen molar-refractivity contribution in [2.45, 2.75) is 45.3 Å².